The zero-order valence-electron chi connectivity index (χ0n) is 10.1. The van der Waals surface area contributed by atoms with Crippen LogP contribution in [-0.2, 0) is 9.53 Å². The molecule has 0 fully saturated rings. The molecule has 0 saturated carbocycles. The Bertz CT molecular complexity index is 362. The molecule has 16 heavy (non-hydrogen) atoms. The van der Waals surface area contributed by atoms with Crippen LogP contribution in [0, 0.1) is 0 Å². The van der Waals surface area contributed by atoms with Crippen LogP contribution in [0.1, 0.15) is 31.7 Å². The first-order valence-electron chi connectivity index (χ1n) is 5.41. The standard InChI is InChI=1S/C14H18O2/c1-11(2)9-10-13(14(15)16-3)12-7-5-4-6-8-12/h4-9,13H,10H2,1-3H3/t13-/m1/s1. The van der Waals surface area contributed by atoms with Crippen molar-refractivity contribution in [2.24, 2.45) is 0 Å². The lowest BCUT2D eigenvalue weighted by Crippen LogP contribution is -2.13. The van der Waals surface area contributed by atoms with Gasteiger partial charge >= 0.3 is 5.97 Å². The van der Waals surface area contributed by atoms with E-state index in [1.54, 1.807) is 0 Å². The molecule has 0 bridgehead atoms. The predicted molar refractivity (Wildman–Crippen MR) is 65.2 cm³/mol. The minimum atomic E-state index is -0.193. The largest absolute Gasteiger partial charge is 0.469 e. The van der Waals surface area contributed by atoms with Crippen LogP contribution >= 0.6 is 0 Å². The van der Waals surface area contributed by atoms with Crippen LogP contribution in [0.2, 0.25) is 0 Å². The van der Waals surface area contributed by atoms with Crippen LogP contribution in [0.3, 0.4) is 0 Å². The molecule has 1 rings (SSSR count). The third-order valence-corrected chi connectivity index (χ3v) is 2.45. The van der Waals surface area contributed by atoms with Gasteiger partial charge in [0.25, 0.3) is 0 Å². The first-order valence-corrected chi connectivity index (χ1v) is 5.41. The minimum absolute atomic E-state index is 0.177. The van der Waals surface area contributed by atoms with Crippen LogP contribution in [0.5, 0.6) is 0 Å². The summed E-state index contributed by atoms with van der Waals surface area (Å²) >= 11 is 0. The maximum Gasteiger partial charge on any atom is 0.313 e. The van der Waals surface area contributed by atoms with E-state index in [0.29, 0.717) is 6.42 Å². The predicted octanol–water partition coefficient (Wildman–Crippen LogP) is 3.30. The molecular weight excluding hydrogens is 200 g/mol. The van der Waals surface area contributed by atoms with E-state index in [1.165, 1.54) is 12.7 Å². The number of esters is 1. The van der Waals surface area contributed by atoms with E-state index in [9.17, 15) is 4.79 Å². The zero-order chi connectivity index (χ0) is 12.0. The molecule has 2 nitrogen and oxygen atoms in total. The van der Waals surface area contributed by atoms with Gasteiger partial charge in [0.1, 0.15) is 0 Å². The lowest BCUT2D eigenvalue weighted by atomic mass is 9.95. The number of ether oxygens (including phenoxy) is 1. The first kappa shape index (κ1) is 12.5. The molecule has 0 amide bonds. The number of benzene rings is 1. The van der Waals surface area contributed by atoms with Gasteiger partial charge in [-0.15, -0.1) is 0 Å². The Balaban J connectivity index is 2.88. The molecule has 86 valence electrons. The van der Waals surface area contributed by atoms with Crippen LogP contribution in [0.25, 0.3) is 0 Å². The summed E-state index contributed by atoms with van der Waals surface area (Å²) in [5.41, 5.74) is 2.22. The maximum atomic E-state index is 11.7. The van der Waals surface area contributed by atoms with Crippen molar-refractivity contribution >= 4 is 5.97 Å². The number of carbonyl (C=O) groups is 1. The average Bonchev–Trinajstić information content (AvgIpc) is 2.30. The van der Waals surface area contributed by atoms with Gasteiger partial charge in [-0.25, -0.2) is 0 Å². The SMILES string of the molecule is COC(=O)[C@H](CC=C(C)C)c1ccccc1. The fraction of sp³-hybridized carbons (Fsp3) is 0.357. The van der Waals surface area contributed by atoms with Gasteiger partial charge in [-0.05, 0) is 25.8 Å². The van der Waals surface area contributed by atoms with Crippen molar-refractivity contribution in [1.29, 1.82) is 0 Å². The summed E-state index contributed by atoms with van der Waals surface area (Å²) in [7, 11) is 1.43. The fourth-order valence-electron chi connectivity index (χ4n) is 1.55. The number of rotatable bonds is 4. The number of carbonyl (C=O) groups excluding carboxylic acids is 1. The van der Waals surface area contributed by atoms with E-state index < -0.39 is 0 Å². The third-order valence-electron chi connectivity index (χ3n) is 2.45. The van der Waals surface area contributed by atoms with E-state index in [-0.39, 0.29) is 11.9 Å². The van der Waals surface area contributed by atoms with Gasteiger partial charge in [-0.1, -0.05) is 42.0 Å². The van der Waals surface area contributed by atoms with Crippen LogP contribution in [-0.4, -0.2) is 13.1 Å². The van der Waals surface area contributed by atoms with Gasteiger partial charge in [-0.3, -0.25) is 4.79 Å². The Morgan fingerprint density at radius 2 is 1.94 bits per heavy atom. The number of hydrogen-bond acceptors (Lipinski definition) is 2. The third kappa shape index (κ3) is 3.54. The van der Waals surface area contributed by atoms with E-state index in [1.807, 2.05) is 44.2 Å². The monoisotopic (exact) mass is 218 g/mol. The Morgan fingerprint density at radius 3 is 2.44 bits per heavy atom. The molecular formula is C14H18O2. The van der Waals surface area contributed by atoms with Crippen LogP contribution < -0.4 is 0 Å². The highest BCUT2D eigenvalue weighted by atomic mass is 16.5. The quantitative estimate of drug-likeness (QED) is 0.572. The van der Waals surface area contributed by atoms with Gasteiger partial charge in [0.15, 0.2) is 0 Å². The van der Waals surface area contributed by atoms with Crippen molar-refractivity contribution in [3.63, 3.8) is 0 Å². The molecule has 0 unspecified atom stereocenters. The Labute approximate surface area is 96.9 Å². The molecule has 0 aliphatic rings. The van der Waals surface area contributed by atoms with Gasteiger partial charge in [0, 0.05) is 0 Å². The molecule has 0 saturated heterocycles. The molecule has 1 aromatic rings. The summed E-state index contributed by atoms with van der Waals surface area (Å²) in [5.74, 6) is -0.371. The van der Waals surface area contributed by atoms with Crippen molar-refractivity contribution in [3.8, 4) is 0 Å². The highest BCUT2D eigenvalue weighted by molar-refractivity contribution is 5.78. The van der Waals surface area contributed by atoms with Crippen LogP contribution in [0.4, 0.5) is 0 Å². The summed E-state index contributed by atoms with van der Waals surface area (Å²) in [6, 6.07) is 9.74. The molecule has 1 aromatic carbocycles. The molecule has 0 aromatic heterocycles. The highest BCUT2D eigenvalue weighted by Gasteiger charge is 2.19. The summed E-state index contributed by atoms with van der Waals surface area (Å²) in [4.78, 5) is 11.7. The summed E-state index contributed by atoms with van der Waals surface area (Å²) in [6.07, 6.45) is 2.76. The topological polar surface area (TPSA) is 26.3 Å². The molecule has 1 atom stereocenters. The summed E-state index contributed by atoms with van der Waals surface area (Å²) in [5, 5.41) is 0. The second kappa shape index (κ2) is 6.11. The zero-order valence-corrected chi connectivity index (χ0v) is 10.1. The van der Waals surface area contributed by atoms with E-state index >= 15 is 0 Å². The molecule has 0 N–H and O–H groups in total. The first-order chi connectivity index (χ1) is 7.65. The van der Waals surface area contributed by atoms with Gasteiger partial charge in [0.2, 0.25) is 0 Å². The molecule has 0 aliphatic carbocycles. The second-order valence-corrected chi connectivity index (χ2v) is 4.00. The summed E-state index contributed by atoms with van der Waals surface area (Å²) < 4.78 is 4.83. The van der Waals surface area contributed by atoms with Gasteiger partial charge < -0.3 is 4.74 Å². The lowest BCUT2D eigenvalue weighted by Gasteiger charge is -2.13. The van der Waals surface area contributed by atoms with Crippen molar-refractivity contribution in [3.05, 3.63) is 47.5 Å². The summed E-state index contributed by atoms with van der Waals surface area (Å²) in [6.45, 7) is 4.05. The Morgan fingerprint density at radius 1 is 1.31 bits per heavy atom. The van der Waals surface area contributed by atoms with Gasteiger partial charge in [-0.2, -0.15) is 0 Å². The van der Waals surface area contributed by atoms with E-state index in [2.05, 4.69) is 6.08 Å². The van der Waals surface area contributed by atoms with Crippen molar-refractivity contribution < 1.29 is 9.53 Å². The fourth-order valence-corrected chi connectivity index (χ4v) is 1.55. The van der Waals surface area contributed by atoms with Crippen LogP contribution in [0.15, 0.2) is 42.0 Å². The average molecular weight is 218 g/mol. The minimum Gasteiger partial charge on any atom is -0.469 e. The van der Waals surface area contributed by atoms with Crippen molar-refractivity contribution in [2.45, 2.75) is 26.2 Å². The highest BCUT2D eigenvalue weighted by Crippen LogP contribution is 2.22. The maximum absolute atomic E-state index is 11.7. The molecule has 2 heteroatoms. The van der Waals surface area contributed by atoms with Crippen molar-refractivity contribution in [1.82, 2.24) is 0 Å². The normalized spacial score (nSPS) is 11.7. The number of methoxy groups -OCH3 is 1. The lowest BCUT2D eigenvalue weighted by molar-refractivity contribution is -0.142. The van der Waals surface area contributed by atoms with E-state index in [4.69, 9.17) is 4.74 Å². The molecule has 0 heterocycles. The van der Waals surface area contributed by atoms with Crippen molar-refractivity contribution in [2.75, 3.05) is 7.11 Å². The number of hydrogen-bond donors (Lipinski definition) is 0. The smallest absolute Gasteiger partial charge is 0.313 e. The molecule has 0 spiro atoms. The second-order valence-electron chi connectivity index (χ2n) is 4.00. The molecule has 0 radical (unpaired) electrons. The number of allylic oxidation sites excluding steroid dienone is 2. The molecule has 0 aliphatic heterocycles. The van der Waals surface area contributed by atoms with E-state index in [0.717, 1.165) is 5.56 Å². The Hall–Kier alpha value is -1.57. The van der Waals surface area contributed by atoms with Gasteiger partial charge in [0.05, 0.1) is 13.0 Å². The Kier molecular flexibility index (Phi) is 4.77.